The maximum atomic E-state index is 13.9. The number of fused-ring (bicyclic) bond motifs is 3. The standard InChI is InChI=1S/C48H49N3O3S3/c1-2-3-4-5-6-13-27-49-44(55)32-56-47(49)48-50(31-45(52)53)46(54)43(57-48)30-34-23-26-42-40(29-34)38-19-14-20-41(38)51(42)37-24-21-33(22-25-37)28-39(35-15-9-7-10-16-35)36-17-11-8-12-18-36/h7-12,15-18,21-26,28-30,38,41H,2-6,13-14,19-20,27,31-32H2,1H3,(H,52,53)/b43-30+,48-47-. The van der Waals surface area contributed by atoms with Crippen molar-refractivity contribution in [2.45, 2.75) is 83.2 Å². The summed E-state index contributed by atoms with van der Waals surface area (Å²) in [6, 6.07) is 37.0. The third kappa shape index (κ3) is 8.47. The molecule has 1 aromatic heterocycles. The number of carboxylic acid groups (broad SMARTS) is 1. The van der Waals surface area contributed by atoms with Gasteiger partial charge in [-0.25, -0.2) is 0 Å². The van der Waals surface area contributed by atoms with Crippen molar-refractivity contribution in [3.05, 3.63) is 150 Å². The molecule has 1 saturated heterocycles. The van der Waals surface area contributed by atoms with Crippen molar-refractivity contribution in [2.75, 3.05) is 17.2 Å². The van der Waals surface area contributed by atoms with Crippen molar-refractivity contribution < 1.29 is 9.90 Å². The minimum absolute atomic E-state index is 0.263. The molecule has 0 radical (unpaired) electrons. The Morgan fingerprint density at radius 3 is 2.25 bits per heavy atom. The van der Waals surface area contributed by atoms with Gasteiger partial charge in [-0.15, -0.1) is 11.3 Å². The van der Waals surface area contributed by atoms with Gasteiger partial charge in [0.05, 0.1) is 15.3 Å². The van der Waals surface area contributed by atoms with Crippen LogP contribution < -0.4 is 19.7 Å². The van der Waals surface area contributed by atoms with Crippen molar-refractivity contribution in [1.29, 1.82) is 0 Å². The first-order valence-electron chi connectivity index (χ1n) is 20.4. The molecule has 5 aromatic rings. The molecule has 2 atom stereocenters. The average molecular weight is 812 g/mol. The number of carbonyl (C=O) groups is 1. The van der Waals surface area contributed by atoms with Gasteiger partial charge in [0.25, 0.3) is 5.56 Å². The Morgan fingerprint density at radius 1 is 0.860 bits per heavy atom. The molecule has 1 saturated carbocycles. The molecule has 0 bridgehead atoms. The van der Waals surface area contributed by atoms with Crippen molar-refractivity contribution in [2.24, 2.45) is 0 Å². The fraction of sp³-hybridized carbons (Fsp3) is 0.312. The molecule has 9 heteroatoms. The van der Waals surface area contributed by atoms with Gasteiger partial charge in [-0.05, 0) is 89.1 Å². The van der Waals surface area contributed by atoms with Crippen LogP contribution in [0.25, 0.3) is 22.8 Å². The van der Waals surface area contributed by atoms with E-state index in [0.717, 1.165) is 53.4 Å². The number of thiocarbonyl (C=S) groups is 1. The number of unbranched alkanes of at least 4 members (excludes halogenated alkanes) is 5. The van der Waals surface area contributed by atoms with E-state index in [0.29, 0.717) is 26.9 Å². The van der Waals surface area contributed by atoms with Gasteiger partial charge < -0.3 is 14.9 Å². The molecule has 6 nitrogen and oxygen atoms in total. The van der Waals surface area contributed by atoms with Gasteiger partial charge in [0.2, 0.25) is 0 Å². The van der Waals surface area contributed by atoms with Crippen LogP contribution in [0.3, 0.4) is 0 Å². The number of nitrogens with zero attached hydrogens (tertiary/aromatic N) is 3. The first kappa shape index (κ1) is 39.1. The molecule has 2 fully saturated rings. The lowest BCUT2D eigenvalue weighted by atomic mass is 9.95. The second kappa shape index (κ2) is 17.8. The lowest BCUT2D eigenvalue weighted by molar-refractivity contribution is -0.137. The number of hydrogen-bond acceptors (Lipinski definition) is 6. The summed E-state index contributed by atoms with van der Waals surface area (Å²) < 4.78 is 2.67. The molecule has 8 rings (SSSR count). The van der Waals surface area contributed by atoms with Crippen LogP contribution in [0, 0.1) is 0 Å². The molecule has 2 unspecified atom stereocenters. The Labute approximate surface area is 348 Å². The summed E-state index contributed by atoms with van der Waals surface area (Å²) in [5.41, 5.74) is 9.16. The number of anilines is 2. The fourth-order valence-corrected chi connectivity index (χ4v) is 11.5. The number of aliphatic carboxylic acids is 1. The molecular formula is C48H49N3O3S3. The quantitative estimate of drug-likeness (QED) is 0.0681. The Kier molecular flexibility index (Phi) is 12.2. The van der Waals surface area contributed by atoms with Crippen LogP contribution in [-0.2, 0) is 11.3 Å². The zero-order valence-corrected chi connectivity index (χ0v) is 34.9. The normalized spacial score (nSPS) is 18.6. The molecule has 4 aromatic carbocycles. The predicted octanol–water partition coefficient (Wildman–Crippen LogP) is 10.0. The summed E-state index contributed by atoms with van der Waals surface area (Å²) in [5.74, 6) is 0.0584. The molecule has 3 aliphatic rings. The van der Waals surface area contributed by atoms with E-state index in [1.807, 2.05) is 6.08 Å². The van der Waals surface area contributed by atoms with Crippen molar-refractivity contribution in [3.63, 3.8) is 0 Å². The number of thiazole rings is 1. The van der Waals surface area contributed by atoms with E-state index in [1.165, 1.54) is 81.6 Å². The largest absolute Gasteiger partial charge is 0.480 e. The molecule has 0 spiro atoms. The first-order chi connectivity index (χ1) is 27.9. The monoisotopic (exact) mass is 811 g/mol. The highest BCUT2D eigenvalue weighted by molar-refractivity contribution is 8.10. The number of aromatic nitrogens is 1. The molecule has 1 N–H and O–H groups in total. The lowest BCUT2D eigenvalue weighted by Crippen LogP contribution is -2.36. The van der Waals surface area contributed by atoms with E-state index >= 15 is 0 Å². The summed E-state index contributed by atoms with van der Waals surface area (Å²) in [7, 11) is 0. The van der Waals surface area contributed by atoms with Gasteiger partial charge in [-0.1, -0.05) is 148 Å². The third-order valence-corrected chi connectivity index (χ3v) is 14.4. The van der Waals surface area contributed by atoms with Gasteiger partial charge in [0.1, 0.15) is 16.2 Å². The minimum Gasteiger partial charge on any atom is -0.480 e. The highest BCUT2D eigenvalue weighted by atomic mass is 32.2. The van der Waals surface area contributed by atoms with Crippen LogP contribution in [0.1, 0.15) is 98.4 Å². The van der Waals surface area contributed by atoms with E-state index in [-0.39, 0.29) is 12.1 Å². The van der Waals surface area contributed by atoms with Gasteiger partial charge >= 0.3 is 5.97 Å². The van der Waals surface area contributed by atoms with Crippen LogP contribution in [0.4, 0.5) is 11.4 Å². The highest BCUT2D eigenvalue weighted by Gasteiger charge is 2.42. The second-order valence-electron chi connectivity index (χ2n) is 15.3. The Bertz CT molecular complexity index is 2410. The van der Waals surface area contributed by atoms with Crippen molar-refractivity contribution >= 4 is 80.4 Å². The molecule has 2 aliphatic heterocycles. The Hall–Kier alpha value is -4.70. The number of thioether (sulfide) groups is 1. The molecule has 0 amide bonds. The maximum Gasteiger partial charge on any atom is 0.323 e. The summed E-state index contributed by atoms with van der Waals surface area (Å²) in [6.07, 6.45) is 14.7. The van der Waals surface area contributed by atoms with Crippen LogP contribution in [-0.4, -0.2) is 43.9 Å². The molecule has 3 heterocycles. The molecule has 57 heavy (non-hydrogen) atoms. The number of hydrogen-bond donors (Lipinski definition) is 1. The number of benzene rings is 4. The zero-order chi connectivity index (χ0) is 39.3. The summed E-state index contributed by atoms with van der Waals surface area (Å²) in [4.78, 5) is 31.5. The number of rotatable bonds is 14. The van der Waals surface area contributed by atoms with Crippen molar-refractivity contribution in [3.8, 4) is 0 Å². The van der Waals surface area contributed by atoms with E-state index < -0.39 is 5.97 Å². The van der Waals surface area contributed by atoms with Crippen LogP contribution >= 0.6 is 35.3 Å². The first-order valence-corrected chi connectivity index (χ1v) is 22.6. The fourth-order valence-electron chi connectivity index (χ4n) is 8.73. The number of carboxylic acids is 1. The van der Waals surface area contributed by atoms with Crippen LogP contribution in [0.15, 0.2) is 108 Å². The summed E-state index contributed by atoms with van der Waals surface area (Å²) in [5, 5.41) is 10.8. The molecule has 1 aliphatic carbocycles. The van der Waals surface area contributed by atoms with Gasteiger partial charge in [-0.3, -0.25) is 14.2 Å². The Balaban J connectivity index is 1.10. The summed E-state index contributed by atoms with van der Waals surface area (Å²) in [6.45, 7) is 2.63. The molecular weight excluding hydrogens is 763 g/mol. The van der Waals surface area contributed by atoms with Gasteiger partial charge in [0.15, 0.2) is 0 Å². The average Bonchev–Trinajstić information content (AvgIpc) is 4.00. The second-order valence-corrected chi connectivity index (χ2v) is 17.7. The van der Waals surface area contributed by atoms with Crippen LogP contribution in [0.2, 0.25) is 0 Å². The predicted molar refractivity (Wildman–Crippen MR) is 243 cm³/mol. The lowest BCUT2D eigenvalue weighted by Gasteiger charge is -2.27. The minimum atomic E-state index is -1.03. The van der Waals surface area contributed by atoms with E-state index in [4.69, 9.17) is 12.2 Å². The third-order valence-electron chi connectivity index (χ3n) is 11.5. The van der Waals surface area contributed by atoms with Gasteiger partial charge in [-0.2, -0.15) is 0 Å². The Morgan fingerprint density at radius 2 is 1.54 bits per heavy atom. The van der Waals surface area contributed by atoms with Crippen molar-refractivity contribution in [1.82, 2.24) is 9.47 Å². The van der Waals surface area contributed by atoms with E-state index in [1.54, 1.807) is 11.8 Å². The maximum absolute atomic E-state index is 13.9. The highest BCUT2D eigenvalue weighted by Crippen LogP contribution is 2.52. The smallest absolute Gasteiger partial charge is 0.323 e. The zero-order valence-electron chi connectivity index (χ0n) is 32.4. The topological polar surface area (TPSA) is 65.8 Å². The SMILES string of the molecule is CCCCCCCCN1C(=S)CS/C1=c1\s/c(=C/c2ccc3c(c2)C2CCCC2N3c2ccc(C=C(c3ccccc3)c3ccccc3)cc2)c(=O)n1CC(=O)O. The molecule has 292 valence electrons. The van der Waals surface area contributed by atoms with Crippen LogP contribution in [0.5, 0.6) is 0 Å². The summed E-state index contributed by atoms with van der Waals surface area (Å²) >= 11 is 8.77. The van der Waals surface area contributed by atoms with E-state index in [9.17, 15) is 14.7 Å². The van der Waals surface area contributed by atoms with Gasteiger partial charge in [0, 0.05) is 29.9 Å². The van der Waals surface area contributed by atoms with E-state index in [2.05, 4.69) is 126 Å².